The van der Waals surface area contributed by atoms with E-state index < -0.39 is 11.4 Å². The molecule has 0 heterocycles. The van der Waals surface area contributed by atoms with Crippen molar-refractivity contribution >= 4 is 11.4 Å². The van der Waals surface area contributed by atoms with Crippen LogP contribution in [0.2, 0.25) is 0 Å². The molecule has 0 fully saturated rings. The minimum Gasteiger partial charge on any atom is -0.740 e. The summed E-state index contributed by atoms with van der Waals surface area (Å²) in [6.07, 6.45) is 14.4. The van der Waals surface area contributed by atoms with E-state index in [1.807, 2.05) is 6.07 Å². The van der Waals surface area contributed by atoms with E-state index in [0.29, 0.717) is 5.75 Å². The van der Waals surface area contributed by atoms with Gasteiger partial charge in [0.2, 0.25) is 0 Å². The zero-order valence-corrected chi connectivity index (χ0v) is 17.7. The average Bonchev–Trinajstić information content (AvgIpc) is 2.59. The van der Waals surface area contributed by atoms with Crippen molar-refractivity contribution in [3.8, 4) is 5.75 Å². The summed E-state index contributed by atoms with van der Waals surface area (Å²) in [7, 11) is 0. The van der Waals surface area contributed by atoms with Gasteiger partial charge in [0.1, 0.15) is 17.1 Å². The van der Waals surface area contributed by atoms with Gasteiger partial charge in [0, 0.05) is 0 Å². The second-order valence-electron chi connectivity index (χ2n) is 7.69. The van der Waals surface area contributed by atoms with Crippen LogP contribution in [0.25, 0.3) is 0 Å². The van der Waals surface area contributed by atoms with Crippen molar-refractivity contribution < 1.29 is 12.9 Å². The van der Waals surface area contributed by atoms with E-state index in [4.69, 9.17) is 4.18 Å². The highest BCUT2D eigenvalue weighted by Crippen LogP contribution is 2.27. The van der Waals surface area contributed by atoms with Gasteiger partial charge in [-0.15, -0.1) is 0 Å². The zero-order chi connectivity index (χ0) is 19.2. The third-order valence-corrected chi connectivity index (χ3v) is 5.21. The summed E-state index contributed by atoms with van der Waals surface area (Å²) in [4.78, 5) is 0. The van der Waals surface area contributed by atoms with Gasteiger partial charge in [0.25, 0.3) is 0 Å². The predicted octanol–water partition coefficient (Wildman–Crippen LogP) is 6.52. The van der Waals surface area contributed by atoms with E-state index in [2.05, 4.69) is 26.8 Å². The Bertz CT molecular complexity index is 514. The monoisotopic (exact) mass is 381 g/mol. The maximum absolute atomic E-state index is 11.0. The van der Waals surface area contributed by atoms with E-state index in [1.54, 1.807) is 6.07 Å². The van der Waals surface area contributed by atoms with Crippen LogP contribution < -0.4 is 4.18 Å². The zero-order valence-electron chi connectivity index (χ0n) is 16.9. The molecule has 0 spiro atoms. The minimum atomic E-state index is -2.51. The summed E-state index contributed by atoms with van der Waals surface area (Å²) in [5.41, 5.74) is 2.32. The molecule has 0 saturated carbocycles. The van der Waals surface area contributed by atoms with Crippen molar-refractivity contribution in [2.75, 3.05) is 0 Å². The Balaban J connectivity index is 2.40. The van der Waals surface area contributed by atoms with Crippen molar-refractivity contribution in [2.24, 2.45) is 5.92 Å². The van der Waals surface area contributed by atoms with Gasteiger partial charge >= 0.3 is 0 Å². The molecule has 1 aromatic carbocycles. The Morgan fingerprint density at radius 1 is 0.962 bits per heavy atom. The first-order valence-electron chi connectivity index (χ1n) is 10.4. The highest BCUT2D eigenvalue weighted by Gasteiger charge is 2.10. The fourth-order valence-electron chi connectivity index (χ4n) is 3.39. The first kappa shape index (κ1) is 23.2. The molecule has 3 nitrogen and oxygen atoms in total. The molecule has 1 atom stereocenters. The second-order valence-corrected chi connectivity index (χ2v) is 8.27. The lowest BCUT2D eigenvalue weighted by molar-refractivity contribution is 0.437. The number of rotatable bonds is 15. The highest BCUT2D eigenvalue weighted by molar-refractivity contribution is 7.74. The Hall–Kier alpha value is -0.870. The van der Waals surface area contributed by atoms with Gasteiger partial charge in [-0.05, 0) is 48.8 Å². The van der Waals surface area contributed by atoms with Crippen molar-refractivity contribution in [1.29, 1.82) is 0 Å². The molecule has 150 valence electrons. The van der Waals surface area contributed by atoms with Crippen LogP contribution in [0.5, 0.6) is 5.75 Å². The van der Waals surface area contributed by atoms with E-state index in [0.717, 1.165) is 43.6 Å². The molecular weight excluding hydrogens is 344 g/mol. The molecule has 0 N–H and O–H groups in total. The molecule has 4 heteroatoms. The minimum absolute atomic E-state index is 0.514. The lowest BCUT2D eigenvalue weighted by Crippen LogP contribution is -2.04. The molecule has 26 heavy (non-hydrogen) atoms. The summed E-state index contributed by atoms with van der Waals surface area (Å²) >= 11 is -2.51. The van der Waals surface area contributed by atoms with Gasteiger partial charge < -0.3 is 8.74 Å². The Labute approximate surface area is 163 Å². The number of hydrogen-bond acceptors (Lipinski definition) is 3. The molecule has 1 unspecified atom stereocenters. The van der Waals surface area contributed by atoms with Gasteiger partial charge in [-0.1, -0.05) is 84.3 Å². The van der Waals surface area contributed by atoms with Crippen molar-refractivity contribution in [1.82, 2.24) is 0 Å². The van der Waals surface area contributed by atoms with E-state index in [9.17, 15) is 8.76 Å². The maximum atomic E-state index is 11.0. The maximum Gasteiger partial charge on any atom is 0.142 e. The van der Waals surface area contributed by atoms with Gasteiger partial charge in [-0.3, -0.25) is 0 Å². The quantitative estimate of drug-likeness (QED) is 0.256. The van der Waals surface area contributed by atoms with Crippen molar-refractivity contribution in [3.05, 3.63) is 29.3 Å². The summed E-state index contributed by atoms with van der Waals surface area (Å²) < 4.78 is 27.0. The summed E-state index contributed by atoms with van der Waals surface area (Å²) in [6, 6.07) is 5.78. The third-order valence-electron chi connectivity index (χ3n) is 4.90. The molecule has 1 aromatic rings. The first-order chi connectivity index (χ1) is 12.5. The Morgan fingerprint density at radius 3 is 2.23 bits per heavy atom. The largest absolute Gasteiger partial charge is 0.740 e. The average molecular weight is 382 g/mol. The molecular formula is C22H37O3S-. The molecule has 0 aliphatic carbocycles. The predicted molar refractivity (Wildman–Crippen MR) is 110 cm³/mol. The van der Waals surface area contributed by atoms with Gasteiger partial charge in [0.15, 0.2) is 0 Å². The van der Waals surface area contributed by atoms with Crippen molar-refractivity contribution in [2.45, 2.75) is 97.8 Å². The molecule has 1 rings (SSSR count). The van der Waals surface area contributed by atoms with Crippen LogP contribution >= 0.6 is 0 Å². The van der Waals surface area contributed by atoms with Crippen LogP contribution in [-0.4, -0.2) is 8.76 Å². The van der Waals surface area contributed by atoms with E-state index in [1.165, 1.54) is 50.5 Å². The molecule has 0 aliphatic rings. The Kier molecular flexibility index (Phi) is 12.7. The molecule has 0 saturated heterocycles. The van der Waals surface area contributed by atoms with Crippen LogP contribution in [0.4, 0.5) is 0 Å². The molecule has 0 radical (unpaired) electrons. The molecule has 0 aromatic heterocycles. The van der Waals surface area contributed by atoms with E-state index >= 15 is 0 Å². The van der Waals surface area contributed by atoms with E-state index in [-0.39, 0.29) is 0 Å². The summed E-state index contributed by atoms with van der Waals surface area (Å²) in [5, 5.41) is 0. The Morgan fingerprint density at radius 2 is 1.62 bits per heavy atom. The lowest BCUT2D eigenvalue weighted by Gasteiger charge is -2.16. The lowest BCUT2D eigenvalue weighted by atomic mass is 9.96. The van der Waals surface area contributed by atoms with Gasteiger partial charge in [-0.25, -0.2) is 4.21 Å². The number of benzene rings is 1. The molecule has 0 bridgehead atoms. The topological polar surface area (TPSA) is 49.4 Å². The van der Waals surface area contributed by atoms with Crippen LogP contribution in [0.3, 0.4) is 0 Å². The van der Waals surface area contributed by atoms with Gasteiger partial charge in [-0.2, -0.15) is 0 Å². The highest BCUT2D eigenvalue weighted by atomic mass is 32.2. The smallest absolute Gasteiger partial charge is 0.142 e. The first-order valence-corrected chi connectivity index (χ1v) is 11.4. The van der Waals surface area contributed by atoms with Crippen LogP contribution in [-0.2, 0) is 24.2 Å². The standard InChI is InChI=1S/C22H38O3S/c1-4-5-15-20-16-13-18-22(25-26(23)24)21(20)17-12-10-8-6-7-9-11-14-19(2)3/h13,16,18-19H,4-12,14-15,17H2,1-3H3,(H,23,24)/p-1. The number of unbranched alkanes of at least 4 members (excludes halogenated alkanes) is 7. The molecule has 0 aliphatic heterocycles. The van der Waals surface area contributed by atoms with Crippen LogP contribution in [0.1, 0.15) is 96.1 Å². The number of hydrogen-bond donors (Lipinski definition) is 0. The normalized spacial score (nSPS) is 12.5. The summed E-state index contributed by atoms with van der Waals surface area (Å²) in [5.74, 6) is 1.34. The van der Waals surface area contributed by atoms with Gasteiger partial charge in [0.05, 0.1) is 0 Å². The molecule has 0 amide bonds. The fraction of sp³-hybridized carbons (Fsp3) is 0.727. The van der Waals surface area contributed by atoms with Crippen LogP contribution in [0, 0.1) is 5.92 Å². The summed E-state index contributed by atoms with van der Waals surface area (Å²) in [6.45, 7) is 6.76. The van der Waals surface area contributed by atoms with Crippen LogP contribution in [0.15, 0.2) is 18.2 Å². The third kappa shape index (κ3) is 10.3. The SMILES string of the molecule is CCCCc1cccc(OS(=O)[O-])c1CCCCCCCCCC(C)C. The number of aryl methyl sites for hydroxylation is 1. The fourth-order valence-corrected chi connectivity index (χ4v) is 3.69. The van der Waals surface area contributed by atoms with Crippen molar-refractivity contribution in [3.63, 3.8) is 0 Å². The second kappa shape index (κ2) is 14.2.